The van der Waals surface area contributed by atoms with Crippen LogP contribution < -0.4 is 9.33 Å². The summed E-state index contributed by atoms with van der Waals surface area (Å²) in [5.74, 6) is 1.04. The predicted octanol–water partition coefficient (Wildman–Crippen LogP) is 4.22. The summed E-state index contributed by atoms with van der Waals surface area (Å²) in [7, 11) is -1.78. The Morgan fingerprint density at radius 3 is 2.68 bits per heavy atom. The monoisotopic (exact) mass is 319 g/mol. The van der Waals surface area contributed by atoms with Gasteiger partial charge >= 0.3 is 0 Å². The van der Waals surface area contributed by atoms with Gasteiger partial charge in [0.15, 0.2) is 0 Å². The third kappa shape index (κ3) is 3.33. The number of anilines is 1. The second kappa shape index (κ2) is 5.57. The zero-order valence-corrected chi connectivity index (χ0v) is 15.6. The maximum atomic E-state index is 6.48. The van der Waals surface area contributed by atoms with Crippen LogP contribution in [-0.2, 0) is 11.2 Å². The van der Waals surface area contributed by atoms with Crippen molar-refractivity contribution in [2.24, 2.45) is 0 Å². The van der Waals surface area contributed by atoms with Gasteiger partial charge in [-0.05, 0) is 42.6 Å². The van der Waals surface area contributed by atoms with Crippen molar-refractivity contribution in [3.63, 3.8) is 0 Å². The summed E-state index contributed by atoms with van der Waals surface area (Å²) >= 11 is 0. The molecule has 0 N–H and O–H groups in total. The minimum Gasteiger partial charge on any atom is -0.543 e. The summed E-state index contributed by atoms with van der Waals surface area (Å²) in [6.45, 7) is 14.6. The molecular formula is C18H29NO2Si. The summed E-state index contributed by atoms with van der Waals surface area (Å²) in [6.07, 6.45) is 2.86. The first-order chi connectivity index (χ1) is 10.3. The molecule has 3 nitrogen and oxygen atoms in total. The van der Waals surface area contributed by atoms with Crippen LogP contribution in [0.2, 0.25) is 18.1 Å². The quantitative estimate of drug-likeness (QED) is 0.613. The average molecular weight is 320 g/mol. The predicted molar refractivity (Wildman–Crippen MR) is 94.5 cm³/mol. The highest BCUT2D eigenvalue weighted by Crippen LogP contribution is 2.39. The van der Waals surface area contributed by atoms with Gasteiger partial charge in [0.1, 0.15) is 5.75 Å². The van der Waals surface area contributed by atoms with Gasteiger partial charge in [0, 0.05) is 24.8 Å². The fourth-order valence-electron chi connectivity index (χ4n) is 2.75. The van der Waals surface area contributed by atoms with Crippen LogP contribution in [0.15, 0.2) is 18.2 Å². The highest BCUT2D eigenvalue weighted by molar-refractivity contribution is 6.74. The fourth-order valence-corrected chi connectivity index (χ4v) is 3.77. The molecule has 0 spiro atoms. The van der Waals surface area contributed by atoms with Crippen molar-refractivity contribution >= 4 is 14.0 Å². The molecule has 1 atom stereocenters. The molecule has 3 rings (SSSR count). The van der Waals surface area contributed by atoms with E-state index < -0.39 is 8.32 Å². The van der Waals surface area contributed by atoms with Crippen molar-refractivity contribution in [3.8, 4) is 5.75 Å². The number of hydrogen-bond acceptors (Lipinski definition) is 3. The second-order valence-electron chi connectivity index (χ2n) is 8.16. The van der Waals surface area contributed by atoms with Gasteiger partial charge in [0.05, 0.1) is 12.7 Å². The molecule has 0 saturated carbocycles. The number of epoxide rings is 1. The van der Waals surface area contributed by atoms with Crippen molar-refractivity contribution in [2.75, 3.05) is 24.6 Å². The minimum absolute atomic E-state index is 0.227. The first-order valence-electron chi connectivity index (χ1n) is 8.45. The van der Waals surface area contributed by atoms with Crippen LogP contribution >= 0.6 is 0 Å². The Balaban J connectivity index is 1.82. The standard InChI is InChI=1S/C18H29NO2Si/c1-18(2,3)22(4,5)21-15-9-8-14-7-6-10-19(17(14)11-15)12-16-13-20-16/h8-9,11,16H,6-7,10,12-13H2,1-5H3. The van der Waals surface area contributed by atoms with E-state index in [1.54, 1.807) is 0 Å². The highest BCUT2D eigenvalue weighted by atomic mass is 28.4. The molecule has 1 saturated heterocycles. The smallest absolute Gasteiger partial charge is 0.250 e. The maximum Gasteiger partial charge on any atom is 0.250 e. The Morgan fingerprint density at radius 2 is 2.05 bits per heavy atom. The number of rotatable bonds is 4. The molecule has 0 aliphatic carbocycles. The van der Waals surface area contributed by atoms with Crippen LogP contribution in [0, 0.1) is 0 Å². The molecule has 2 aliphatic heterocycles. The van der Waals surface area contributed by atoms with Crippen LogP contribution in [0.25, 0.3) is 0 Å². The molecule has 0 aromatic heterocycles. The number of aryl methyl sites for hydroxylation is 1. The minimum atomic E-state index is -1.78. The van der Waals surface area contributed by atoms with Gasteiger partial charge in [-0.25, -0.2) is 0 Å². The average Bonchev–Trinajstić information content (AvgIpc) is 3.22. The molecule has 1 unspecified atom stereocenters. The van der Waals surface area contributed by atoms with Crippen molar-refractivity contribution in [1.29, 1.82) is 0 Å². The summed E-state index contributed by atoms with van der Waals surface area (Å²) in [4.78, 5) is 2.48. The Kier molecular flexibility index (Phi) is 4.02. The summed E-state index contributed by atoms with van der Waals surface area (Å²) in [6, 6.07) is 6.69. The van der Waals surface area contributed by atoms with Crippen LogP contribution in [0.5, 0.6) is 5.75 Å². The molecule has 2 heterocycles. The lowest BCUT2D eigenvalue weighted by Gasteiger charge is -2.37. The van der Waals surface area contributed by atoms with Gasteiger partial charge in [0.25, 0.3) is 0 Å². The fraction of sp³-hybridized carbons (Fsp3) is 0.667. The molecule has 1 aromatic carbocycles. The Labute approximate surface area is 135 Å². The normalized spacial score (nSPS) is 21.5. The number of hydrogen-bond donors (Lipinski definition) is 0. The molecule has 0 bridgehead atoms. The Hall–Kier alpha value is -1.00. The van der Waals surface area contributed by atoms with Crippen LogP contribution in [-0.4, -0.2) is 34.1 Å². The van der Waals surface area contributed by atoms with E-state index in [-0.39, 0.29) is 5.04 Å². The number of nitrogens with zero attached hydrogens (tertiary/aromatic N) is 1. The molecule has 122 valence electrons. The number of ether oxygens (including phenoxy) is 1. The third-order valence-corrected chi connectivity index (χ3v) is 9.64. The molecule has 1 fully saturated rings. The Morgan fingerprint density at radius 1 is 1.32 bits per heavy atom. The first-order valence-corrected chi connectivity index (χ1v) is 11.4. The van der Waals surface area contributed by atoms with Gasteiger partial charge in [-0.1, -0.05) is 26.8 Å². The van der Waals surface area contributed by atoms with Crippen LogP contribution in [0.4, 0.5) is 5.69 Å². The molecule has 4 heteroatoms. The van der Waals surface area contributed by atoms with Crippen molar-refractivity contribution in [1.82, 2.24) is 0 Å². The number of fused-ring (bicyclic) bond motifs is 1. The van der Waals surface area contributed by atoms with E-state index in [1.807, 2.05) is 0 Å². The van der Waals surface area contributed by atoms with Gasteiger partial charge in [-0.3, -0.25) is 0 Å². The third-order valence-electron chi connectivity index (χ3n) is 5.28. The van der Waals surface area contributed by atoms with Gasteiger partial charge in [-0.15, -0.1) is 0 Å². The van der Waals surface area contributed by atoms with E-state index in [0.717, 1.165) is 25.4 Å². The van der Waals surface area contributed by atoms with Crippen molar-refractivity contribution in [3.05, 3.63) is 23.8 Å². The van der Waals surface area contributed by atoms with Gasteiger partial charge in [-0.2, -0.15) is 0 Å². The van der Waals surface area contributed by atoms with Crippen LogP contribution in [0.3, 0.4) is 0 Å². The second-order valence-corrected chi connectivity index (χ2v) is 12.9. The number of benzene rings is 1. The van der Waals surface area contributed by atoms with E-state index in [0.29, 0.717) is 6.10 Å². The molecule has 22 heavy (non-hydrogen) atoms. The van der Waals surface area contributed by atoms with Crippen molar-refractivity contribution in [2.45, 2.75) is 57.8 Å². The van der Waals surface area contributed by atoms with Crippen molar-refractivity contribution < 1.29 is 9.16 Å². The lowest BCUT2D eigenvalue weighted by atomic mass is 10.0. The van der Waals surface area contributed by atoms with E-state index in [2.05, 4.69) is 57.0 Å². The maximum absolute atomic E-state index is 6.48. The van der Waals surface area contributed by atoms with Gasteiger partial charge < -0.3 is 14.1 Å². The zero-order chi connectivity index (χ0) is 16.0. The van der Waals surface area contributed by atoms with E-state index >= 15 is 0 Å². The highest BCUT2D eigenvalue weighted by Gasteiger charge is 2.39. The van der Waals surface area contributed by atoms with Gasteiger partial charge in [0.2, 0.25) is 8.32 Å². The molecule has 2 aliphatic rings. The van der Waals surface area contributed by atoms with E-state index in [1.165, 1.54) is 24.1 Å². The molecule has 0 amide bonds. The first kappa shape index (κ1) is 15.9. The SMILES string of the molecule is CC(C)(C)[Si](C)(C)Oc1ccc2c(c1)N(CC1CO1)CCC2. The lowest BCUT2D eigenvalue weighted by molar-refractivity contribution is 0.405. The Bertz CT molecular complexity index is 547. The van der Waals surface area contributed by atoms with E-state index in [9.17, 15) is 0 Å². The zero-order valence-electron chi connectivity index (χ0n) is 14.6. The van der Waals surface area contributed by atoms with E-state index in [4.69, 9.17) is 9.16 Å². The topological polar surface area (TPSA) is 25.0 Å². The molecule has 0 radical (unpaired) electrons. The summed E-state index contributed by atoms with van der Waals surface area (Å²) in [5, 5.41) is 0.227. The molecule has 1 aromatic rings. The lowest BCUT2D eigenvalue weighted by Crippen LogP contribution is -2.44. The van der Waals surface area contributed by atoms with Crippen LogP contribution in [0.1, 0.15) is 32.8 Å². The summed E-state index contributed by atoms with van der Waals surface area (Å²) < 4.78 is 11.9. The summed E-state index contributed by atoms with van der Waals surface area (Å²) in [5.41, 5.74) is 2.81. The largest absolute Gasteiger partial charge is 0.543 e. The molecular weight excluding hydrogens is 290 g/mol.